The number of benzene rings is 1. The van der Waals surface area contributed by atoms with Crippen molar-refractivity contribution in [3.63, 3.8) is 0 Å². The molecule has 1 N–H and O–H groups in total. The summed E-state index contributed by atoms with van der Waals surface area (Å²) < 4.78 is 19.2. The molecule has 1 heterocycles. The molecule has 0 bridgehead atoms. The van der Waals surface area contributed by atoms with Gasteiger partial charge in [0.25, 0.3) is 5.91 Å². The van der Waals surface area contributed by atoms with Crippen molar-refractivity contribution in [3.8, 4) is 5.75 Å². The van der Waals surface area contributed by atoms with Gasteiger partial charge in [0.05, 0.1) is 0 Å². The van der Waals surface area contributed by atoms with Crippen LogP contribution in [0.1, 0.15) is 5.56 Å². The number of amides is 1. The van der Waals surface area contributed by atoms with E-state index in [1.54, 1.807) is 18.5 Å². The molecule has 2 rings (SSSR count). The average molecular weight is 353 g/mol. The van der Waals surface area contributed by atoms with Crippen LogP contribution in [0.4, 0.5) is 4.39 Å². The van der Waals surface area contributed by atoms with Gasteiger partial charge in [-0.05, 0) is 36.2 Å². The SMILES string of the molecule is O=C(COc1ccc(Br)cc1F)NCCc1cccnc1. The lowest BCUT2D eigenvalue weighted by molar-refractivity contribution is -0.123. The van der Waals surface area contributed by atoms with E-state index in [9.17, 15) is 9.18 Å². The van der Waals surface area contributed by atoms with E-state index in [0.717, 1.165) is 5.56 Å². The molecule has 0 saturated heterocycles. The molecular formula is C15H14BrFN2O2. The molecule has 1 amide bonds. The fraction of sp³-hybridized carbons (Fsp3) is 0.200. The molecule has 0 aliphatic carbocycles. The van der Waals surface area contributed by atoms with E-state index in [1.165, 1.54) is 12.1 Å². The van der Waals surface area contributed by atoms with Crippen molar-refractivity contribution < 1.29 is 13.9 Å². The van der Waals surface area contributed by atoms with Crippen LogP contribution in [0, 0.1) is 5.82 Å². The molecule has 110 valence electrons. The summed E-state index contributed by atoms with van der Waals surface area (Å²) in [4.78, 5) is 15.6. The third-order valence-electron chi connectivity index (χ3n) is 2.71. The Balaban J connectivity index is 1.72. The summed E-state index contributed by atoms with van der Waals surface area (Å²) >= 11 is 3.15. The Morgan fingerprint density at radius 2 is 2.24 bits per heavy atom. The Bertz CT molecular complexity index is 608. The summed E-state index contributed by atoms with van der Waals surface area (Å²) in [5.41, 5.74) is 1.04. The predicted molar refractivity (Wildman–Crippen MR) is 80.5 cm³/mol. The summed E-state index contributed by atoms with van der Waals surface area (Å²) in [5, 5.41) is 2.71. The monoisotopic (exact) mass is 352 g/mol. The molecule has 0 saturated carbocycles. The van der Waals surface area contributed by atoms with E-state index in [4.69, 9.17) is 4.74 Å². The molecule has 1 aromatic carbocycles. The van der Waals surface area contributed by atoms with Crippen LogP contribution >= 0.6 is 15.9 Å². The topological polar surface area (TPSA) is 51.2 Å². The maximum Gasteiger partial charge on any atom is 0.257 e. The van der Waals surface area contributed by atoms with Crippen LogP contribution < -0.4 is 10.1 Å². The summed E-state index contributed by atoms with van der Waals surface area (Å²) in [6.45, 7) is 0.266. The number of aromatic nitrogens is 1. The molecule has 0 spiro atoms. The third-order valence-corrected chi connectivity index (χ3v) is 3.20. The van der Waals surface area contributed by atoms with Gasteiger partial charge in [-0.1, -0.05) is 22.0 Å². The molecule has 0 aliphatic rings. The van der Waals surface area contributed by atoms with Crippen molar-refractivity contribution in [1.82, 2.24) is 10.3 Å². The van der Waals surface area contributed by atoms with Crippen LogP contribution in [0.15, 0.2) is 47.2 Å². The van der Waals surface area contributed by atoms with Gasteiger partial charge in [0.15, 0.2) is 18.2 Å². The average Bonchev–Trinajstić information content (AvgIpc) is 2.47. The minimum Gasteiger partial charge on any atom is -0.481 e. The van der Waals surface area contributed by atoms with Gasteiger partial charge in [-0.25, -0.2) is 4.39 Å². The number of nitrogens with zero attached hydrogens (tertiary/aromatic N) is 1. The summed E-state index contributed by atoms with van der Waals surface area (Å²) in [6, 6.07) is 8.19. The van der Waals surface area contributed by atoms with Gasteiger partial charge in [-0.2, -0.15) is 0 Å². The Morgan fingerprint density at radius 3 is 2.95 bits per heavy atom. The molecule has 0 fully saturated rings. The number of hydrogen-bond donors (Lipinski definition) is 1. The standard InChI is InChI=1S/C15H14BrFN2O2/c16-12-3-4-14(13(17)8-12)21-10-15(20)19-7-5-11-2-1-6-18-9-11/h1-4,6,8-9H,5,7,10H2,(H,19,20). The van der Waals surface area contributed by atoms with E-state index >= 15 is 0 Å². The van der Waals surface area contributed by atoms with Gasteiger partial charge in [-0.3, -0.25) is 9.78 Å². The first-order valence-corrected chi connectivity index (χ1v) is 7.18. The first kappa shape index (κ1) is 15.4. The molecule has 1 aromatic heterocycles. The summed E-state index contributed by atoms with van der Waals surface area (Å²) in [6.07, 6.45) is 4.13. The van der Waals surface area contributed by atoms with Gasteiger partial charge < -0.3 is 10.1 Å². The molecule has 6 heteroatoms. The Kier molecular flexibility index (Phi) is 5.68. The minimum absolute atomic E-state index is 0.0561. The molecular weight excluding hydrogens is 339 g/mol. The van der Waals surface area contributed by atoms with Crippen LogP contribution in [0.25, 0.3) is 0 Å². The van der Waals surface area contributed by atoms with Crippen molar-refractivity contribution in [3.05, 3.63) is 58.6 Å². The largest absolute Gasteiger partial charge is 0.481 e. The lowest BCUT2D eigenvalue weighted by Crippen LogP contribution is -2.30. The van der Waals surface area contributed by atoms with Gasteiger partial charge in [0.2, 0.25) is 0 Å². The number of halogens is 2. The van der Waals surface area contributed by atoms with Crippen LogP contribution in [0.2, 0.25) is 0 Å². The number of rotatable bonds is 6. The Hall–Kier alpha value is -1.95. The van der Waals surface area contributed by atoms with Crippen LogP contribution in [-0.4, -0.2) is 24.0 Å². The highest BCUT2D eigenvalue weighted by Gasteiger charge is 2.07. The number of carbonyl (C=O) groups is 1. The zero-order chi connectivity index (χ0) is 15.1. The van der Waals surface area contributed by atoms with Gasteiger partial charge in [0.1, 0.15) is 0 Å². The molecule has 2 aromatic rings. The van der Waals surface area contributed by atoms with Gasteiger partial charge in [-0.15, -0.1) is 0 Å². The van der Waals surface area contributed by atoms with Crippen molar-refractivity contribution in [2.24, 2.45) is 0 Å². The third kappa shape index (κ3) is 5.15. The van der Waals surface area contributed by atoms with Gasteiger partial charge in [0, 0.05) is 23.4 Å². The second-order valence-corrected chi connectivity index (χ2v) is 5.24. The highest BCUT2D eigenvalue weighted by atomic mass is 79.9. The van der Waals surface area contributed by atoms with E-state index in [-0.39, 0.29) is 18.3 Å². The Morgan fingerprint density at radius 1 is 1.38 bits per heavy atom. The number of pyridine rings is 1. The number of hydrogen-bond acceptors (Lipinski definition) is 3. The van der Waals surface area contributed by atoms with E-state index < -0.39 is 5.82 Å². The first-order chi connectivity index (χ1) is 10.1. The maximum atomic E-state index is 13.5. The van der Waals surface area contributed by atoms with E-state index in [1.807, 2.05) is 12.1 Å². The van der Waals surface area contributed by atoms with E-state index in [2.05, 4.69) is 26.2 Å². The second kappa shape index (κ2) is 7.73. The summed E-state index contributed by atoms with van der Waals surface area (Å²) in [7, 11) is 0. The van der Waals surface area contributed by atoms with Crippen LogP contribution in [0.5, 0.6) is 5.75 Å². The fourth-order valence-electron chi connectivity index (χ4n) is 1.68. The molecule has 0 radical (unpaired) electrons. The van der Waals surface area contributed by atoms with Crippen molar-refractivity contribution >= 4 is 21.8 Å². The predicted octanol–water partition coefficient (Wildman–Crippen LogP) is 2.72. The quantitative estimate of drug-likeness (QED) is 0.869. The zero-order valence-corrected chi connectivity index (χ0v) is 12.8. The van der Waals surface area contributed by atoms with Crippen molar-refractivity contribution in [1.29, 1.82) is 0 Å². The van der Waals surface area contributed by atoms with E-state index in [0.29, 0.717) is 17.4 Å². The lowest BCUT2D eigenvalue weighted by atomic mass is 10.2. The van der Waals surface area contributed by atoms with Crippen LogP contribution in [0.3, 0.4) is 0 Å². The molecule has 4 nitrogen and oxygen atoms in total. The maximum absolute atomic E-state index is 13.5. The Labute approximate surface area is 130 Å². The molecule has 0 atom stereocenters. The molecule has 21 heavy (non-hydrogen) atoms. The van der Waals surface area contributed by atoms with Gasteiger partial charge >= 0.3 is 0 Å². The smallest absolute Gasteiger partial charge is 0.257 e. The number of nitrogens with one attached hydrogen (secondary N) is 1. The fourth-order valence-corrected chi connectivity index (χ4v) is 2.01. The van der Waals surface area contributed by atoms with Crippen molar-refractivity contribution in [2.75, 3.05) is 13.2 Å². The highest BCUT2D eigenvalue weighted by molar-refractivity contribution is 9.10. The number of carbonyl (C=O) groups excluding carboxylic acids is 1. The highest BCUT2D eigenvalue weighted by Crippen LogP contribution is 2.21. The summed E-state index contributed by atoms with van der Waals surface area (Å²) in [5.74, 6) is -0.741. The number of ether oxygens (including phenoxy) is 1. The van der Waals surface area contributed by atoms with Crippen LogP contribution in [-0.2, 0) is 11.2 Å². The van der Waals surface area contributed by atoms with Crippen molar-refractivity contribution in [2.45, 2.75) is 6.42 Å². The minimum atomic E-state index is -0.507. The first-order valence-electron chi connectivity index (χ1n) is 6.38. The lowest BCUT2D eigenvalue weighted by Gasteiger charge is -2.08. The normalized spacial score (nSPS) is 10.2. The second-order valence-electron chi connectivity index (χ2n) is 4.32. The zero-order valence-electron chi connectivity index (χ0n) is 11.2. The molecule has 0 aliphatic heterocycles. The molecule has 0 unspecified atom stereocenters.